The third-order valence-electron chi connectivity index (χ3n) is 2.06. The van der Waals surface area contributed by atoms with Crippen LogP contribution in [0.2, 0.25) is 0 Å². The SMILES string of the molecule is OC(C1=CNC=CC=C1)(C(F)(F)F)C(F)(F)F. The van der Waals surface area contributed by atoms with Gasteiger partial charge in [0.2, 0.25) is 0 Å². The summed E-state index contributed by atoms with van der Waals surface area (Å²) in [7, 11) is 0. The van der Waals surface area contributed by atoms with Gasteiger partial charge < -0.3 is 10.4 Å². The topological polar surface area (TPSA) is 32.3 Å². The second kappa shape index (κ2) is 4.10. The third kappa shape index (κ3) is 2.31. The summed E-state index contributed by atoms with van der Waals surface area (Å²) in [5, 5.41) is 11.1. The fraction of sp³-hybridized carbons (Fsp3) is 0.333. The van der Waals surface area contributed by atoms with Gasteiger partial charge in [0.25, 0.3) is 5.60 Å². The van der Waals surface area contributed by atoms with Crippen LogP contribution in [0.1, 0.15) is 0 Å². The van der Waals surface area contributed by atoms with Crippen molar-refractivity contribution in [1.82, 2.24) is 5.32 Å². The molecule has 0 fully saturated rings. The molecule has 0 aromatic rings. The summed E-state index contributed by atoms with van der Waals surface area (Å²) in [6, 6.07) is 0. The zero-order valence-electron chi connectivity index (χ0n) is 8.10. The maximum absolute atomic E-state index is 12.4. The number of rotatable bonds is 1. The molecule has 8 heteroatoms. The van der Waals surface area contributed by atoms with Gasteiger partial charge in [0.05, 0.1) is 0 Å². The van der Waals surface area contributed by atoms with Crippen LogP contribution in [0.4, 0.5) is 26.3 Å². The highest BCUT2D eigenvalue weighted by molar-refractivity contribution is 5.36. The zero-order chi connectivity index (χ0) is 13.3. The van der Waals surface area contributed by atoms with Crippen molar-refractivity contribution in [3.05, 3.63) is 36.2 Å². The number of allylic oxidation sites excluding steroid dienone is 2. The molecule has 0 unspecified atom stereocenters. The average molecular weight is 259 g/mol. The molecule has 0 aliphatic carbocycles. The minimum absolute atomic E-state index is 0.445. The van der Waals surface area contributed by atoms with E-state index < -0.39 is 23.5 Å². The maximum atomic E-state index is 12.4. The molecule has 96 valence electrons. The summed E-state index contributed by atoms with van der Waals surface area (Å²) in [6.45, 7) is 0. The number of alkyl halides is 6. The van der Waals surface area contributed by atoms with Gasteiger partial charge in [0, 0.05) is 18.0 Å². The molecule has 0 saturated carbocycles. The van der Waals surface area contributed by atoms with E-state index in [9.17, 15) is 26.3 Å². The van der Waals surface area contributed by atoms with E-state index in [1.807, 2.05) is 0 Å². The largest absolute Gasteiger partial charge is 0.430 e. The molecule has 0 aromatic heterocycles. The first kappa shape index (κ1) is 13.6. The molecule has 0 bridgehead atoms. The molecular formula is C9H7F6NO. The van der Waals surface area contributed by atoms with Crippen LogP contribution in [-0.2, 0) is 0 Å². The van der Waals surface area contributed by atoms with Gasteiger partial charge in [-0.3, -0.25) is 0 Å². The fourth-order valence-corrected chi connectivity index (χ4v) is 1.17. The molecule has 0 radical (unpaired) electrons. The first-order chi connectivity index (χ1) is 7.61. The van der Waals surface area contributed by atoms with E-state index >= 15 is 0 Å². The number of halogens is 6. The van der Waals surface area contributed by atoms with Crippen LogP contribution in [0.15, 0.2) is 36.2 Å². The van der Waals surface area contributed by atoms with Crippen LogP contribution in [0, 0.1) is 0 Å². The smallest absolute Gasteiger partial charge is 0.369 e. The first-order valence-corrected chi connectivity index (χ1v) is 4.26. The number of aliphatic hydroxyl groups is 1. The van der Waals surface area contributed by atoms with Gasteiger partial charge in [-0.25, -0.2) is 0 Å². The molecule has 1 aliphatic heterocycles. The van der Waals surface area contributed by atoms with Crippen molar-refractivity contribution in [3.63, 3.8) is 0 Å². The summed E-state index contributed by atoms with van der Waals surface area (Å²) in [4.78, 5) is 0. The Labute approximate surface area is 91.9 Å². The van der Waals surface area contributed by atoms with E-state index in [4.69, 9.17) is 5.11 Å². The molecule has 1 heterocycles. The standard InChI is InChI=1S/C9H7F6NO/c10-8(11,12)7(17,9(13,14)15)6-3-1-2-4-16-5-6/h1-5,16-17H. The summed E-state index contributed by atoms with van der Waals surface area (Å²) < 4.78 is 74.5. The van der Waals surface area contributed by atoms with Crippen LogP contribution >= 0.6 is 0 Å². The van der Waals surface area contributed by atoms with Crippen LogP contribution in [-0.4, -0.2) is 23.1 Å². The van der Waals surface area contributed by atoms with Crippen molar-refractivity contribution in [3.8, 4) is 0 Å². The quantitative estimate of drug-likeness (QED) is 0.709. The normalized spacial score (nSPS) is 17.5. The molecule has 0 spiro atoms. The predicted octanol–water partition coefficient (Wildman–Crippen LogP) is 2.40. The third-order valence-corrected chi connectivity index (χ3v) is 2.06. The lowest BCUT2D eigenvalue weighted by molar-refractivity contribution is -0.351. The Morgan fingerprint density at radius 1 is 0.941 bits per heavy atom. The molecule has 0 amide bonds. The molecule has 0 atom stereocenters. The van der Waals surface area contributed by atoms with E-state index in [0.29, 0.717) is 12.3 Å². The molecule has 0 aromatic carbocycles. The van der Waals surface area contributed by atoms with Gasteiger partial charge in [-0.15, -0.1) is 0 Å². The Hall–Kier alpha value is -1.44. The summed E-state index contributed by atoms with van der Waals surface area (Å²) >= 11 is 0. The molecular weight excluding hydrogens is 252 g/mol. The van der Waals surface area contributed by atoms with Crippen molar-refractivity contribution in [1.29, 1.82) is 0 Å². The minimum atomic E-state index is -5.87. The van der Waals surface area contributed by atoms with Crippen LogP contribution < -0.4 is 5.32 Å². The minimum Gasteiger partial charge on any atom is -0.369 e. The van der Waals surface area contributed by atoms with Gasteiger partial charge in [-0.05, 0) is 6.08 Å². The van der Waals surface area contributed by atoms with Gasteiger partial charge in [0.1, 0.15) is 0 Å². The summed E-state index contributed by atoms with van der Waals surface area (Å²) in [6.07, 6.45) is -7.49. The highest BCUT2D eigenvalue weighted by Gasteiger charge is 2.71. The van der Waals surface area contributed by atoms with Crippen molar-refractivity contribution in [2.24, 2.45) is 0 Å². The fourth-order valence-electron chi connectivity index (χ4n) is 1.17. The highest BCUT2D eigenvalue weighted by Crippen LogP contribution is 2.47. The first-order valence-electron chi connectivity index (χ1n) is 4.26. The highest BCUT2D eigenvalue weighted by atomic mass is 19.4. The Kier molecular flexibility index (Phi) is 3.28. The number of hydrogen-bond acceptors (Lipinski definition) is 2. The second-order valence-corrected chi connectivity index (χ2v) is 3.19. The molecule has 0 saturated heterocycles. The van der Waals surface area contributed by atoms with E-state index in [1.165, 1.54) is 6.08 Å². The Balaban J connectivity index is 3.31. The lowest BCUT2D eigenvalue weighted by Crippen LogP contribution is -2.58. The van der Waals surface area contributed by atoms with Crippen molar-refractivity contribution >= 4 is 0 Å². The predicted molar refractivity (Wildman–Crippen MR) is 46.6 cm³/mol. The Bertz CT molecular complexity index is 362. The van der Waals surface area contributed by atoms with Crippen molar-refractivity contribution < 1.29 is 31.4 Å². The monoisotopic (exact) mass is 259 g/mol. The van der Waals surface area contributed by atoms with Crippen LogP contribution in [0.3, 0.4) is 0 Å². The van der Waals surface area contributed by atoms with Gasteiger partial charge in [-0.1, -0.05) is 12.2 Å². The lowest BCUT2D eigenvalue weighted by Gasteiger charge is -2.33. The molecule has 1 aliphatic rings. The van der Waals surface area contributed by atoms with Crippen molar-refractivity contribution in [2.75, 3.05) is 0 Å². The van der Waals surface area contributed by atoms with Crippen LogP contribution in [0.25, 0.3) is 0 Å². The van der Waals surface area contributed by atoms with E-state index in [2.05, 4.69) is 5.32 Å². The summed E-state index contributed by atoms with van der Waals surface area (Å²) in [5.41, 5.74) is -6.22. The van der Waals surface area contributed by atoms with Gasteiger partial charge >= 0.3 is 12.4 Å². The van der Waals surface area contributed by atoms with E-state index in [0.717, 1.165) is 12.3 Å². The van der Waals surface area contributed by atoms with Gasteiger partial charge in [0.15, 0.2) is 0 Å². The molecule has 2 N–H and O–H groups in total. The van der Waals surface area contributed by atoms with Gasteiger partial charge in [-0.2, -0.15) is 26.3 Å². The maximum Gasteiger partial charge on any atom is 0.430 e. The zero-order valence-corrected chi connectivity index (χ0v) is 8.10. The average Bonchev–Trinajstić information content (AvgIpc) is 2.40. The van der Waals surface area contributed by atoms with Crippen molar-refractivity contribution in [2.45, 2.75) is 18.0 Å². The summed E-state index contributed by atoms with van der Waals surface area (Å²) in [5.74, 6) is 0. The molecule has 2 nitrogen and oxygen atoms in total. The molecule has 17 heavy (non-hydrogen) atoms. The number of hydrogen-bond donors (Lipinski definition) is 2. The second-order valence-electron chi connectivity index (χ2n) is 3.19. The van der Waals surface area contributed by atoms with Crippen LogP contribution in [0.5, 0.6) is 0 Å². The Morgan fingerprint density at radius 3 is 1.94 bits per heavy atom. The molecule has 1 rings (SSSR count). The number of nitrogens with one attached hydrogen (secondary N) is 1. The van der Waals surface area contributed by atoms with E-state index in [-0.39, 0.29) is 0 Å². The lowest BCUT2D eigenvalue weighted by atomic mass is 9.92. The Morgan fingerprint density at radius 2 is 1.47 bits per heavy atom. The van der Waals surface area contributed by atoms with E-state index in [1.54, 1.807) is 0 Å².